The van der Waals surface area contributed by atoms with Gasteiger partial charge in [-0.15, -0.1) is 0 Å². The molecule has 1 rings (SSSR count). The summed E-state index contributed by atoms with van der Waals surface area (Å²) in [5.74, 6) is 0.706. The lowest BCUT2D eigenvalue weighted by Crippen LogP contribution is -1.92. The molecule has 64 valence electrons. The minimum Gasteiger partial charge on any atom is -0.504 e. The van der Waals surface area contributed by atoms with Crippen molar-refractivity contribution in [2.75, 3.05) is 6.61 Å². The zero-order valence-corrected chi connectivity index (χ0v) is 7.03. The van der Waals surface area contributed by atoms with Crippen molar-refractivity contribution < 1.29 is 9.84 Å². The van der Waals surface area contributed by atoms with Crippen LogP contribution < -0.4 is 4.74 Å². The maximum absolute atomic E-state index is 9.26. The molecule has 0 amide bonds. The normalized spacial score (nSPS) is 10.4. The zero-order valence-electron chi connectivity index (χ0n) is 7.03. The van der Waals surface area contributed by atoms with E-state index in [9.17, 15) is 5.11 Å². The topological polar surface area (TPSA) is 29.5 Å². The third-order valence-corrected chi connectivity index (χ3v) is 1.44. The lowest BCUT2D eigenvalue weighted by atomic mass is 10.3. The van der Waals surface area contributed by atoms with Crippen molar-refractivity contribution in [1.29, 1.82) is 0 Å². The van der Waals surface area contributed by atoms with Crippen molar-refractivity contribution in [2.24, 2.45) is 0 Å². The molecule has 0 radical (unpaired) electrons. The van der Waals surface area contributed by atoms with Crippen molar-refractivity contribution in [3.8, 4) is 11.5 Å². The van der Waals surface area contributed by atoms with Crippen molar-refractivity contribution in [1.82, 2.24) is 0 Å². The van der Waals surface area contributed by atoms with Crippen LogP contribution in [0.5, 0.6) is 11.5 Å². The number of hydrogen-bond donors (Lipinski definition) is 1. The Labute approximate surface area is 72.1 Å². The molecule has 2 heteroatoms. The molecule has 0 unspecified atom stereocenters. The first-order valence-corrected chi connectivity index (χ1v) is 3.86. The van der Waals surface area contributed by atoms with Crippen molar-refractivity contribution in [3.63, 3.8) is 0 Å². The van der Waals surface area contributed by atoms with Gasteiger partial charge in [0.25, 0.3) is 0 Å². The zero-order chi connectivity index (χ0) is 8.81. The van der Waals surface area contributed by atoms with Crippen LogP contribution in [-0.2, 0) is 0 Å². The highest BCUT2D eigenvalue weighted by Crippen LogP contribution is 2.23. The quantitative estimate of drug-likeness (QED) is 0.695. The largest absolute Gasteiger partial charge is 0.504 e. The summed E-state index contributed by atoms with van der Waals surface area (Å²) < 4.78 is 5.24. The van der Waals surface area contributed by atoms with E-state index in [1.807, 2.05) is 25.1 Å². The molecule has 0 spiro atoms. The summed E-state index contributed by atoms with van der Waals surface area (Å²) in [7, 11) is 0. The number of allylic oxidation sites excluding steroid dienone is 1. The Kier molecular flexibility index (Phi) is 3.20. The fraction of sp³-hybridized carbons (Fsp3) is 0.200. The predicted octanol–water partition coefficient (Wildman–Crippen LogP) is 2.35. The second-order valence-electron chi connectivity index (χ2n) is 2.35. The van der Waals surface area contributed by atoms with Gasteiger partial charge in [0.15, 0.2) is 11.5 Å². The number of aromatic hydroxyl groups is 1. The van der Waals surface area contributed by atoms with Gasteiger partial charge in [-0.1, -0.05) is 24.3 Å². The second kappa shape index (κ2) is 4.44. The number of hydrogen-bond acceptors (Lipinski definition) is 2. The van der Waals surface area contributed by atoms with Gasteiger partial charge in [-0.05, 0) is 19.1 Å². The first-order valence-electron chi connectivity index (χ1n) is 3.86. The molecule has 2 nitrogen and oxygen atoms in total. The molecule has 0 aliphatic carbocycles. The minimum absolute atomic E-state index is 0.182. The lowest BCUT2D eigenvalue weighted by molar-refractivity contribution is 0.336. The fourth-order valence-corrected chi connectivity index (χ4v) is 0.813. The number of phenolic OH excluding ortho intramolecular Hbond substituents is 1. The van der Waals surface area contributed by atoms with Crippen LogP contribution in [0.3, 0.4) is 0 Å². The van der Waals surface area contributed by atoms with Gasteiger partial charge in [-0.2, -0.15) is 0 Å². The van der Waals surface area contributed by atoms with Gasteiger partial charge < -0.3 is 9.84 Å². The van der Waals surface area contributed by atoms with Crippen molar-refractivity contribution in [2.45, 2.75) is 6.92 Å². The lowest BCUT2D eigenvalue weighted by Gasteiger charge is -2.03. The molecule has 0 atom stereocenters. The van der Waals surface area contributed by atoms with E-state index in [0.717, 1.165) is 0 Å². The van der Waals surface area contributed by atoms with Crippen LogP contribution in [-0.4, -0.2) is 11.7 Å². The number of para-hydroxylation sites is 2. The molecule has 1 N–H and O–H groups in total. The molecule has 0 aliphatic heterocycles. The van der Waals surface area contributed by atoms with Gasteiger partial charge in [0, 0.05) is 0 Å². The van der Waals surface area contributed by atoms with Crippen LogP contribution >= 0.6 is 0 Å². The van der Waals surface area contributed by atoms with E-state index in [1.54, 1.807) is 18.2 Å². The first kappa shape index (κ1) is 8.65. The second-order valence-corrected chi connectivity index (χ2v) is 2.35. The number of phenols is 1. The Balaban J connectivity index is 2.57. The molecular formula is C10H12O2. The van der Waals surface area contributed by atoms with E-state index >= 15 is 0 Å². The van der Waals surface area contributed by atoms with Crippen LogP contribution in [0.4, 0.5) is 0 Å². The standard InChI is InChI=1S/C10H12O2/c1-2-3-8-12-10-7-5-4-6-9(10)11/h2-7,11H,8H2,1H3/b3-2+. The first-order chi connectivity index (χ1) is 5.84. The molecule has 0 heterocycles. The van der Waals surface area contributed by atoms with Crippen LogP contribution in [0.1, 0.15) is 6.92 Å². The highest BCUT2D eigenvalue weighted by molar-refractivity contribution is 5.37. The smallest absolute Gasteiger partial charge is 0.161 e. The predicted molar refractivity (Wildman–Crippen MR) is 48.4 cm³/mol. The van der Waals surface area contributed by atoms with E-state index in [1.165, 1.54) is 0 Å². The summed E-state index contributed by atoms with van der Waals surface area (Å²) in [6.45, 7) is 2.42. The highest BCUT2D eigenvalue weighted by Gasteiger charge is 1.96. The number of ether oxygens (including phenoxy) is 1. The minimum atomic E-state index is 0.182. The molecule has 0 bridgehead atoms. The molecule has 1 aromatic rings. The van der Waals surface area contributed by atoms with Gasteiger partial charge in [0.05, 0.1) is 0 Å². The summed E-state index contributed by atoms with van der Waals surface area (Å²) in [5, 5.41) is 9.26. The summed E-state index contributed by atoms with van der Waals surface area (Å²) in [4.78, 5) is 0. The maximum Gasteiger partial charge on any atom is 0.161 e. The molecule has 1 aromatic carbocycles. The summed E-state index contributed by atoms with van der Waals surface area (Å²) >= 11 is 0. The van der Waals surface area contributed by atoms with E-state index < -0.39 is 0 Å². The Morgan fingerprint density at radius 2 is 2.17 bits per heavy atom. The van der Waals surface area contributed by atoms with Crippen LogP contribution in [0.2, 0.25) is 0 Å². The summed E-state index contributed by atoms with van der Waals surface area (Å²) in [6.07, 6.45) is 3.78. The van der Waals surface area contributed by atoms with Crippen LogP contribution in [0, 0.1) is 0 Å². The number of benzene rings is 1. The Morgan fingerprint density at radius 3 is 2.83 bits per heavy atom. The van der Waals surface area contributed by atoms with Gasteiger partial charge in [-0.3, -0.25) is 0 Å². The Hall–Kier alpha value is -1.44. The third kappa shape index (κ3) is 2.31. The molecule has 0 saturated carbocycles. The third-order valence-electron chi connectivity index (χ3n) is 1.44. The van der Waals surface area contributed by atoms with Gasteiger partial charge in [0.2, 0.25) is 0 Å². The van der Waals surface area contributed by atoms with Crippen molar-refractivity contribution in [3.05, 3.63) is 36.4 Å². The van der Waals surface area contributed by atoms with Crippen LogP contribution in [0.25, 0.3) is 0 Å². The number of rotatable bonds is 3. The molecular weight excluding hydrogens is 152 g/mol. The average molecular weight is 164 g/mol. The van der Waals surface area contributed by atoms with Gasteiger partial charge in [-0.25, -0.2) is 0 Å². The Morgan fingerprint density at radius 1 is 1.42 bits per heavy atom. The molecule has 0 aliphatic rings. The van der Waals surface area contributed by atoms with Crippen LogP contribution in [0.15, 0.2) is 36.4 Å². The molecule has 0 saturated heterocycles. The molecule has 0 fully saturated rings. The SMILES string of the molecule is C/C=C/COc1ccccc1O. The summed E-state index contributed by atoms with van der Waals surface area (Å²) in [5.41, 5.74) is 0. The van der Waals surface area contributed by atoms with E-state index in [4.69, 9.17) is 4.74 Å². The highest BCUT2D eigenvalue weighted by atomic mass is 16.5. The summed E-state index contributed by atoms with van der Waals surface area (Å²) in [6, 6.07) is 6.92. The van der Waals surface area contributed by atoms with E-state index in [2.05, 4.69) is 0 Å². The van der Waals surface area contributed by atoms with Crippen molar-refractivity contribution >= 4 is 0 Å². The maximum atomic E-state index is 9.26. The molecule has 12 heavy (non-hydrogen) atoms. The fourth-order valence-electron chi connectivity index (χ4n) is 0.813. The average Bonchev–Trinajstić information content (AvgIpc) is 2.09. The monoisotopic (exact) mass is 164 g/mol. The van der Waals surface area contributed by atoms with E-state index in [0.29, 0.717) is 12.4 Å². The van der Waals surface area contributed by atoms with Gasteiger partial charge in [0.1, 0.15) is 6.61 Å². The molecule has 0 aromatic heterocycles. The van der Waals surface area contributed by atoms with E-state index in [-0.39, 0.29) is 5.75 Å². The Bertz CT molecular complexity index is 266. The van der Waals surface area contributed by atoms with Gasteiger partial charge >= 0.3 is 0 Å².